The first-order valence-corrected chi connectivity index (χ1v) is 6.05. The predicted octanol–water partition coefficient (Wildman–Crippen LogP) is 4.01. The van der Waals surface area contributed by atoms with E-state index in [1.807, 2.05) is 18.2 Å². The van der Waals surface area contributed by atoms with Gasteiger partial charge < -0.3 is 4.42 Å². The first-order valence-electron chi connectivity index (χ1n) is 6.05. The van der Waals surface area contributed by atoms with Gasteiger partial charge in [-0.25, -0.2) is 4.98 Å². The second kappa shape index (κ2) is 4.26. The van der Waals surface area contributed by atoms with Gasteiger partial charge in [0.2, 0.25) is 5.89 Å². The number of hydrogen-bond donors (Lipinski definition) is 0. The molecule has 3 aromatic rings. The summed E-state index contributed by atoms with van der Waals surface area (Å²) in [6, 6.07) is 9.98. The zero-order valence-corrected chi connectivity index (χ0v) is 10.4. The van der Waals surface area contributed by atoms with Crippen molar-refractivity contribution in [1.29, 1.82) is 0 Å². The summed E-state index contributed by atoms with van der Waals surface area (Å²) in [7, 11) is 0. The maximum absolute atomic E-state index is 5.74. The molecule has 0 amide bonds. The molecule has 3 rings (SSSR count). The quantitative estimate of drug-likeness (QED) is 0.677. The predicted molar refractivity (Wildman–Crippen MR) is 71.3 cm³/mol. The third kappa shape index (κ3) is 1.88. The fourth-order valence-electron chi connectivity index (χ4n) is 1.92. The zero-order valence-electron chi connectivity index (χ0n) is 10.4. The lowest BCUT2D eigenvalue weighted by Crippen LogP contribution is -1.85. The van der Waals surface area contributed by atoms with Crippen LogP contribution < -0.4 is 0 Å². The third-order valence-electron chi connectivity index (χ3n) is 2.99. The van der Waals surface area contributed by atoms with Gasteiger partial charge in [0, 0.05) is 12.4 Å². The molecule has 2 aromatic heterocycles. The summed E-state index contributed by atoms with van der Waals surface area (Å²) in [6.07, 6.45) is 3.50. The topological polar surface area (TPSA) is 38.9 Å². The molecule has 0 bridgehead atoms. The first-order chi connectivity index (χ1) is 8.74. The molecule has 0 aliphatic rings. The van der Waals surface area contributed by atoms with E-state index in [1.54, 1.807) is 12.4 Å². The van der Waals surface area contributed by atoms with Crippen LogP contribution in [0.15, 0.2) is 47.1 Å². The molecule has 18 heavy (non-hydrogen) atoms. The van der Waals surface area contributed by atoms with Gasteiger partial charge in [0.15, 0.2) is 5.58 Å². The lowest BCUT2D eigenvalue weighted by molar-refractivity contribution is 0.619. The number of aromatic nitrogens is 2. The molecule has 0 spiro atoms. The summed E-state index contributed by atoms with van der Waals surface area (Å²) >= 11 is 0. The van der Waals surface area contributed by atoms with Crippen LogP contribution in [0.1, 0.15) is 25.3 Å². The Balaban J connectivity index is 2.11. The fraction of sp³-hybridized carbons (Fsp3) is 0.200. The van der Waals surface area contributed by atoms with E-state index in [9.17, 15) is 0 Å². The smallest absolute Gasteiger partial charge is 0.228 e. The maximum atomic E-state index is 5.74. The highest BCUT2D eigenvalue weighted by atomic mass is 16.3. The monoisotopic (exact) mass is 238 g/mol. The second-order valence-electron chi connectivity index (χ2n) is 4.64. The Bertz CT molecular complexity index is 671. The van der Waals surface area contributed by atoms with E-state index in [2.05, 4.69) is 35.9 Å². The molecule has 0 saturated carbocycles. The average Bonchev–Trinajstić information content (AvgIpc) is 2.82. The summed E-state index contributed by atoms with van der Waals surface area (Å²) in [5, 5.41) is 0. The average molecular weight is 238 g/mol. The number of pyridine rings is 1. The molecule has 3 heteroatoms. The van der Waals surface area contributed by atoms with Crippen molar-refractivity contribution >= 4 is 11.1 Å². The van der Waals surface area contributed by atoms with Crippen molar-refractivity contribution in [3.8, 4) is 11.5 Å². The summed E-state index contributed by atoms with van der Waals surface area (Å²) in [4.78, 5) is 8.60. The molecule has 0 aliphatic heterocycles. The van der Waals surface area contributed by atoms with Gasteiger partial charge in [-0.3, -0.25) is 4.98 Å². The summed E-state index contributed by atoms with van der Waals surface area (Å²) in [5.41, 5.74) is 3.90. The normalized spacial score (nSPS) is 11.3. The van der Waals surface area contributed by atoms with E-state index in [4.69, 9.17) is 4.42 Å². The van der Waals surface area contributed by atoms with Gasteiger partial charge in [-0.05, 0) is 35.7 Å². The highest BCUT2D eigenvalue weighted by Gasteiger charge is 2.09. The Kier molecular flexibility index (Phi) is 2.59. The van der Waals surface area contributed by atoms with Gasteiger partial charge in [0.25, 0.3) is 0 Å². The minimum atomic E-state index is 0.493. The largest absolute Gasteiger partial charge is 0.436 e. The van der Waals surface area contributed by atoms with Gasteiger partial charge in [0.1, 0.15) is 5.52 Å². The molecule has 0 N–H and O–H groups in total. The van der Waals surface area contributed by atoms with E-state index in [1.165, 1.54) is 5.56 Å². The van der Waals surface area contributed by atoms with E-state index >= 15 is 0 Å². The number of nitrogens with zero attached hydrogens (tertiary/aromatic N) is 2. The minimum absolute atomic E-state index is 0.493. The number of oxazole rings is 1. The Morgan fingerprint density at radius 2 is 2.06 bits per heavy atom. The minimum Gasteiger partial charge on any atom is -0.436 e. The van der Waals surface area contributed by atoms with Crippen molar-refractivity contribution in [2.24, 2.45) is 0 Å². The number of fused-ring (bicyclic) bond motifs is 1. The van der Waals surface area contributed by atoms with Crippen LogP contribution in [-0.2, 0) is 0 Å². The molecule has 0 radical (unpaired) electrons. The lowest BCUT2D eigenvalue weighted by atomic mass is 10.0. The van der Waals surface area contributed by atoms with Crippen molar-refractivity contribution < 1.29 is 4.42 Å². The van der Waals surface area contributed by atoms with E-state index in [0.29, 0.717) is 11.8 Å². The van der Waals surface area contributed by atoms with Crippen molar-refractivity contribution in [3.63, 3.8) is 0 Å². The highest BCUT2D eigenvalue weighted by Crippen LogP contribution is 2.26. The molecule has 2 heterocycles. The van der Waals surface area contributed by atoms with E-state index < -0.39 is 0 Å². The zero-order chi connectivity index (χ0) is 12.5. The summed E-state index contributed by atoms with van der Waals surface area (Å²) in [6.45, 7) is 4.34. The van der Waals surface area contributed by atoms with E-state index in [0.717, 1.165) is 16.7 Å². The van der Waals surface area contributed by atoms with Gasteiger partial charge in [-0.1, -0.05) is 19.9 Å². The van der Waals surface area contributed by atoms with Crippen LogP contribution >= 0.6 is 0 Å². The number of benzene rings is 1. The van der Waals surface area contributed by atoms with Crippen LogP contribution in [0.4, 0.5) is 0 Å². The third-order valence-corrected chi connectivity index (χ3v) is 2.99. The molecule has 0 saturated heterocycles. The van der Waals surface area contributed by atoms with Crippen LogP contribution in [0.25, 0.3) is 22.6 Å². The molecule has 90 valence electrons. The van der Waals surface area contributed by atoms with Crippen molar-refractivity contribution in [2.45, 2.75) is 19.8 Å². The molecule has 3 nitrogen and oxygen atoms in total. The van der Waals surface area contributed by atoms with E-state index in [-0.39, 0.29) is 0 Å². The fourth-order valence-corrected chi connectivity index (χ4v) is 1.92. The lowest BCUT2D eigenvalue weighted by Gasteiger charge is -2.02. The molecule has 0 atom stereocenters. The number of rotatable bonds is 2. The summed E-state index contributed by atoms with van der Waals surface area (Å²) < 4.78 is 5.74. The highest BCUT2D eigenvalue weighted by molar-refractivity contribution is 5.76. The van der Waals surface area contributed by atoms with Crippen LogP contribution in [0.2, 0.25) is 0 Å². The first kappa shape index (κ1) is 11.0. The Morgan fingerprint density at radius 1 is 1.17 bits per heavy atom. The second-order valence-corrected chi connectivity index (χ2v) is 4.64. The molecular formula is C15H14N2O. The molecule has 0 unspecified atom stereocenters. The summed E-state index contributed by atoms with van der Waals surface area (Å²) in [5.74, 6) is 1.12. The molecular weight excluding hydrogens is 224 g/mol. The Morgan fingerprint density at radius 3 is 2.78 bits per heavy atom. The standard InChI is InChI=1S/C15H14N2O/c1-10(2)11-5-6-14-13(8-11)17-15(18-14)12-4-3-7-16-9-12/h3-10H,1-2H3. The van der Waals surface area contributed by atoms with Gasteiger partial charge in [-0.2, -0.15) is 0 Å². The molecule has 1 aromatic carbocycles. The van der Waals surface area contributed by atoms with Crippen LogP contribution in [0.5, 0.6) is 0 Å². The van der Waals surface area contributed by atoms with Gasteiger partial charge in [0.05, 0.1) is 5.56 Å². The number of hydrogen-bond acceptors (Lipinski definition) is 3. The molecule has 0 aliphatic carbocycles. The van der Waals surface area contributed by atoms with Crippen molar-refractivity contribution in [2.75, 3.05) is 0 Å². The molecule has 0 fully saturated rings. The van der Waals surface area contributed by atoms with Gasteiger partial charge >= 0.3 is 0 Å². The SMILES string of the molecule is CC(C)c1ccc2oc(-c3cccnc3)nc2c1. The maximum Gasteiger partial charge on any atom is 0.228 e. The van der Waals surface area contributed by atoms with Crippen LogP contribution in [-0.4, -0.2) is 9.97 Å². The van der Waals surface area contributed by atoms with Crippen LogP contribution in [0.3, 0.4) is 0 Å². The van der Waals surface area contributed by atoms with Gasteiger partial charge in [-0.15, -0.1) is 0 Å². The Hall–Kier alpha value is -2.16. The van der Waals surface area contributed by atoms with Crippen molar-refractivity contribution in [1.82, 2.24) is 9.97 Å². The van der Waals surface area contributed by atoms with Crippen molar-refractivity contribution in [3.05, 3.63) is 48.3 Å². The Labute approximate surface area is 105 Å². The van der Waals surface area contributed by atoms with Crippen LogP contribution in [0, 0.1) is 0 Å².